The first-order valence-electron chi connectivity index (χ1n) is 10.6. The second kappa shape index (κ2) is 4.98. The molecule has 0 aromatic heterocycles. The standard InChI is InChI=1S/C30H16/c1-2-10-18-17(9-1)25-21-13-5-6-14-22(21)27-19-11-3-4-12-20(19)28-24-16-8-7-15-23(24)26(18)29(25)30(27)28/h1-16H. The molecule has 0 aliphatic heterocycles. The lowest BCUT2D eigenvalue weighted by molar-refractivity contribution is 1.69. The zero-order valence-electron chi connectivity index (χ0n) is 16.2. The van der Waals surface area contributed by atoms with Gasteiger partial charge in [-0.05, 0) is 76.8 Å². The highest BCUT2D eigenvalue weighted by atomic mass is 14.4. The van der Waals surface area contributed by atoms with Crippen LogP contribution in [-0.2, 0) is 0 Å². The summed E-state index contributed by atoms with van der Waals surface area (Å²) >= 11 is 0. The van der Waals surface area contributed by atoms with E-state index in [-0.39, 0.29) is 0 Å². The molecule has 6 aromatic rings. The van der Waals surface area contributed by atoms with E-state index in [1.165, 1.54) is 76.8 Å². The van der Waals surface area contributed by atoms with Gasteiger partial charge in [-0.2, -0.15) is 0 Å². The summed E-state index contributed by atoms with van der Waals surface area (Å²) in [5.41, 5.74) is 11.1. The van der Waals surface area contributed by atoms with Gasteiger partial charge in [-0.15, -0.1) is 0 Å². The molecule has 0 heterocycles. The molecule has 0 bridgehead atoms. The van der Waals surface area contributed by atoms with Crippen LogP contribution in [0.4, 0.5) is 0 Å². The highest BCUT2D eigenvalue weighted by Gasteiger charge is 2.33. The van der Waals surface area contributed by atoms with Crippen molar-refractivity contribution in [1.29, 1.82) is 0 Å². The molecule has 0 unspecified atom stereocenters. The van der Waals surface area contributed by atoms with Gasteiger partial charge in [0.2, 0.25) is 0 Å². The molecule has 0 saturated heterocycles. The molecule has 0 N–H and O–H groups in total. The fourth-order valence-electron chi connectivity index (χ4n) is 6.08. The summed E-state index contributed by atoms with van der Waals surface area (Å²) in [6, 6.07) is 35.9. The second-order valence-electron chi connectivity index (χ2n) is 8.43. The van der Waals surface area contributed by atoms with Crippen molar-refractivity contribution < 1.29 is 0 Å². The van der Waals surface area contributed by atoms with Gasteiger partial charge >= 0.3 is 0 Å². The highest BCUT2D eigenvalue weighted by molar-refractivity contribution is 6.40. The summed E-state index contributed by atoms with van der Waals surface area (Å²) in [5.74, 6) is 0. The van der Waals surface area contributed by atoms with Gasteiger partial charge in [0, 0.05) is 0 Å². The van der Waals surface area contributed by atoms with Crippen LogP contribution < -0.4 is 0 Å². The smallest absolute Gasteiger partial charge is 0.0000937 e. The first-order chi connectivity index (χ1) is 14.9. The van der Waals surface area contributed by atoms with E-state index in [1.807, 2.05) is 0 Å². The molecule has 0 fully saturated rings. The lowest BCUT2D eigenvalue weighted by atomic mass is 9.88. The number of hydrogen-bond donors (Lipinski definition) is 0. The van der Waals surface area contributed by atoms with Gasteiger partial charge < -0.3 is 0 Å². The van der Waals surface area contributed by atoms with Crippen LogP contribution in [0.5, 0.6) is 0 Å². The predicted octanol–water partition coefficient (Wildman–Crippen LogP) is 8.44. The first-order valence-corrected chi connectivity index (χ1v) is 10.6. The topological polar surface area (TPSA) is 0 Å². The summed E-state index contributed by atoms with van der Waals surface area (Å²) < 4.78 is 0. The van der Waals surface area contributed by atoms with Crippen LogP contribution in [0.1, 0.15) is 0 Å². The number of hydrogen-bond acceptors (Lipinski definition) is 0. The molecule has 8 rings (SSSR count). The van der Waals surface area contributed by atoms with Crippen LogP contribution in [0.25, 0.3) is 76.8 Å². The van der Waals surface area contributed by atoms with Gasteiger partial charge in [0.1, 0.15) is 0 Å². The number of benzene rings is 6. The van der Waals surface area contributed by atoms with Crippen molar-refractivity contribution in [3.8, 4) is 44.5 Å². The molecule has 30 heavy (non-hydrogen) atoms. The molecule has 0 atom stereocenters. The van der Waals surface area contributed by atoms with Gasteiger partial charge in [-0.25, -0.2) is 0 Å². The van der Waals surface area contributed by atoms with Crippen molar-refractivity contribution in [3.05, 3.63) is 97.1 Å². The van der Waals surface area contributed by atoms with Crippen LogP contribution in [0, 0.1) is 0 Å². The molecule has 0 spiro atoms. The minimum Gasteiger partial charge on any atom is -0.0616 e. The van der Waals surface area contributed by atoms with Crippen molar-refractivity contribution in [3.63, 3.8) is 0 Å². The monoisotopic (exact) mass is 376 g/mol. The largest absolute Gasteiger partial charge is 0.0616 e. The third-order valence-electron chi connectivity index (χ3n) is 7.11. The quantitative estimate of drug-likeness (QED) is 0.233. The average Bonchev–Trinajstić information content (AvgIpc) is 3.34. The van der Waals surface area contributed by atoms with E-state index in [0.29, 0.717) is 0 Å². The van der Waals surface area contributed by atoms with Crippen LogP contribution in [0.3, 0.4) is 0 Å². The molecular weight excluding hydrogens is 360 g/mol. The lowest BCUT2D eigenvalue weighted by Gasteiger charge is -2.14. The Hall–Kier alpha value is -3.90. The van der Waals surface area contributed by atoms with Gasteiger partial charge in [-0.1, -0.05) is 97.1 Å². The Kier molecular flexibility index (Phi) is 2.49. The van der Waals surface area contributed by atoms with E-state index >= 15 is 0 Å². The van der Waals surface area contributed by atoms with Crippen LogP contribution >= 0.6 is 0 Å². The molecule has 0 heteroatoms. The molecule has 0 saturated carbocycles. The van der Waals surface area contributed by atoms with Gasteiger partial charge in [0.25, 0.3) is 0 Å². The van der Waals surface area contributed by atoms with E-state index in [0.717, 1.165) is 0 Å². The van der Waals surface area contributed by atoms with Crippen molar-refractivity contribution >= 4 is 32.3 Å². The lowest BCUT2D eigenvalue weighted by Crippen LogP contribution is -1.86. The first kappa shape index (κ1) is 15.0. The van der Waals surface area contributed by atoms with Gasteiger partial charge in [-0.3, -0.25) is 0 Å². The van der Waals surface area contributed by atoms with E-state index in [9.17, 15) is 0 Å². The normalized spacial score (nSPS) is 12.7. The van der Waals surface area contributed by atoms with Gasteiger partial charge in [0.05, 0.1) is 0 Å². The molecule has 0 nitrogen and oxygen atoms in total. The Morgan fingerprint density at radius 2 is 0.500 bits per heavy atom. The maximum atomic E-state index is 2.31. The molecule has 2 aliphatic carbocycles. The second-order valence-corrected chi connectivity index (χ2v) is 8.43. The average molecular weight is 376 g/mol. The maximum absolute atomic E-state index is 2.31. The molecule has 0 amide bonds. The minimum atomic E-state index is 1.36. The van der Waals surface area contributed by atoms with Crippen molar-refractivity contribution in [1.82, 2.24) is 0 Å². The van der Waals surface area contributed by atoms with Crippen molar-refractivity contribution in [2.45, 2.75) is 0 Å². The SMILES string of the molecule is c1ccc2c(c1)-c1c3ccccc3c3c4c(c5ccccc5c-2c14)-c1ccccc1-3. The summed E-state index contributed by atoms with van der Waals surface area (Å²) in [4.78, 5) is 0. The fraction of sp³-hybridized carbons (Fsp3) is 0. The predicted molar refractivity (Wildman–Crippen MR) is 128 cm³/mol. The summed E-state index contributed by atoms with van der Waals surface area (Å²) in [6.45, 7) is 0. The summed E-state index contributed by atoms with van der Waals surface area (Å²) in [6.07, 6.45) is 0. The minimum absolute atomic E-state index is 1.36. The Bertz CT molecular complexity index is 1480. The number of rotatable bonds is 0. The zero-order chi connectivity index (χ0) is 19.4. The number of fused-ring (bicyclic) bond motifs is 12. The van der Waals surface area contributed by atoms with E-state index < -0.39 is 0 Å². The molecule has 6 aromatic carbocycles. The Morgan fingerprint density at radius 1 is 0.267 bits per heavy atom. The zero-order valence-corrected chi connectivity index (χ0v) is 16.2. The van der Waals surface area contributed by atoms with Gasteiger partial charge in [0.15, 0.2) is 0 Å². The van der Waals surface area contributed by atoms with Crippen molar-refractivity contribution in [2.24, 2.45) is 0 Å². The Morgan fingerprint density at radius 3 is 0.767 bits per heavy atom. The fourth-order valence-corrected chi connectivity index (χ4v) is 6.08. The van der Waals surface area contributed by atoms with E-state index in [1.54, 1.807) is 0 Å². The van der Waals surface area contributed by atoms with E-state index in [2.05, 4.69) is 97.1 Å². The Balaban J connectivity index is 1.82. The maximum Gasteiger partial charge on any atom is -0.0000937 e. The molecule has 2 aliphatic rings. The van der Waals surface area contributed by atoms with Crippen LogP contribution in [0.15, 0.2) is 97.1 Å². The van der Waals surface area contributed by atoms with Crippen LogP contribution in [-0.4, -0.2) is 0 Å². The van der Waals surface area contributed by atoms with E-state index in [4.69, 9.17) is 0 Å². The van der Waals surface area contributed by atoms with Crippen LogP contribution in [0.2, 0.25) is 0 Å². The third-order valence-corrected chi connectivity index (χ3v) is 7.11. The molecule has 0 radical (unpaired) electrons. The highest BCUT2D eigenvalue weighted by Crippen LogP contribution is 2.61. The summed E-state index contributed by atoms with van der Waals surface area (Å²) in [7, 11) is 0. The summed E-state index contributed by atoms with van der Waals surface area (Å²) in [5, 5.41) is 8.34. The molecule has 136 valence electrons. The Labute approximate surface area is 174 Å². The third kappa shape index (κ3) is 1.52. The molecular formula is C30H16. The van der Waals surface area contributed by atoms with Crippen molar-refractivity contribution in [2.75, 3.05) is 0 Å².